The molecule has 0 aliphatic carbocycles. The lowest BCUT2D eigenvalue weighted by Gasteiger charge is -2.15. The summed E-state index contributed by atoms with van der Waals surface area (Å²) in [5.74, 6) is -0.951. The van der Waals surface area contributed by atoms with Crippen LogP contribution in [0.1, 0.15) is 30.5 Å². The molecule has 0 spiro atoms. The summed E-state index contributed by atoms with van der Waals surface area (Å²) in [6, 6.07) is 9.71. The Morgan fingerprint density at radius 3 is 1.74 bits per heavy atom. The average Bonchev–Trinajstić information content (AvgIpc) is 2.98. The molecule has 0 fully saturated rings. The number of hydrogen-bond acceptors (Lipinski definition) is 6. The van der Waals surface area contributed by atoms with Gasteiger partial charge in [0.05, 0.1) is 4.90 Å². The van der Waals surface area contributed by atoms with Crippen molar-refractivity contribution in [2.24, 2.45) is 0 Å². The van der Waals surface area contributed by atoms with E-state index in [1.165, 1.54) is 18.2 Å². The van der Waals surface area contributed by atoms with Crippen LogP contribution in [0.2, 0.25) is 0 Å². The van der Waals surface area contributed by atoms with Gasteiger partial charge in [-0.25, -0.2) is 8.42 Å². The Morgan fingerprint density at radius 2 is 1.33 bits per heavy atom. The van der Waals surface area contributed by atoms with Crippen LogP contribution >= 0.6 is 0 Å². The highest BCUT2D eigenvalue weighted by molar-refractivity contribution is 7.89. The number of rotatable bonds is 4. The number of nitrogens with zero attached hydrogens (tertiary/aromatic N) is 1. The van der Waals surface area contributed by atoms with Gasteiger partial charge in [-0.3, -0.25) is 9.59 Å². The van der Waals surface area contributed by atoms with Gasteiger partial charge in [-0.15, -0.1) is 0 Å². The van der Waals surface area contributed by atoms with Crippen LogP contribution in [0.3, 0.4) is 0 Å². The monoisotopic (exact) mass is 389 g/mol. The van der Waals surface area contributed by atoms with Crippen LogP contribution in [0, 0.1) is 6.92 Å². The maximum absolute atomic E-state index is 12.9. The minimum Gasteiger partial charge on any atom is -0.423 e. The van der Waals surface area contributed by atoms with E-state index < -0.39 is 22.0 Å². The molecule has 0 bridgehead atoms. The molecule has 0 amide bonds. The quantitative estimate of drug-likeness (QED) is 0.590. The van der Waals surface area contributed by atoms with Gasteiger partial charge in [0.25, 0.3) is 0 Å². The molecule has 0 N–H and O–H groups in total. The van der Waals surface area contributed by atoms with E-state index in [2.05, 4.69) is 0 Å². The molecule has 1 aliphatic rings. The number of fused-ring (bicyclic) bond motifs is 1. The number of ether oxygens (including phenoxy) is 2. The summed E-state index contributed by atoms with van der Waals surface area (Å²) in [5, 5.41) is 0. The van der Waals surface area contributed by atoms with Crippen LogP contribution in [-0.2, 0) is 32.7 Å². The smallest absolute Gasteiger partial charge is 0.308 e. The molecule has 3 rings (SSSR count). The highest BCUT2D eigenvalue weighted by Crippen LogP contribution is 2.37. The van der Waals surface area contributed by atoms with E-state index in [0.717, 1.165) is 5.56 Å². The highest BCUT2D eigenvalue weighted by atomic mass is 32.2. The molecule has 1 heterocycles. The fourth-order valence-corrected chi connectivity index (χ4v) is 4.27. The standard InChI is InChI=1S/C19H19NO6S/c1-12-4-6-17(7-5-12)27(23,24)20-10-15-8-18(25-13(2)21)19(26-14(3)22)9-16(15)11-20/h4-9H,10-11H2,1-3H3. The first kappa shape index (κ1) is 19.1. The van der Waals surface area contributed by atoms with Gasteiger partial charge >= 0.3 is 11.9 Å². The summed E-state index contributed by atoms with van der Waals surface area (Å²) in [4.78, 5) is 22.8. The Labute approximate surface area is 157 Å². The molecule has 0 radical (unpaired) electrons. The number of sulfonamides is 1. The summed E-state index contributed by atoms with van der Waals surface area (Å²) >= 11 is 0. The Hall–Kier alpha value is -2.71. The summed E-state index contributed by atoms with van der Waals surface area (Å²) in [7, 11) is -3.68. The van der Waals surface area contributed by atoms with E-state index >= 15 is 0 Å². The Morgan fingerprint density at radius 1 is 0.889 bits per heavy atom. The molecule has 0 saturated heterocycles. The average molecular weight is 389 g/mol. The van der Waals surface area contributed by atoms with Gasteiger partial charge in [0, 0.05) is 26.9 Å². The number of hydrogen-bond donors (Lipinski definition) is 0. The Bertz CT molecular complexity index is 966. The molecule has 8 heteroatoms. The van der Waals surface area contributed by atoms with Gasteiger partial charge in [-0.2, -0.15) is 4.31 Å². The molecule has 27 heavy (non-hydrogen) atoms. The highest BCUT2D eigenvalue weighted by Gasteiger charge is 2.32. The third-order valence-electron chi connectivity index (χ3n) is 4.13. The molecule has 1 aliphatic heterocycles. The normalized spacial score (nSPS) is 13.9. The summed E-state index contributed by atoms with van der Waals surface area (Å²) < 4.78 is 37.3. The van der Waals surface area contributed by atoms with Gasteiger partial charge < -0.3 is 9.47 Å². The van der Waals surface area contributed by atoms with Crippen LogP contribution in [0.4, 0.5) is 0 Å². The molecule has 2 aromatic rings. The first-order valence-corrected chi connectivity index (χ1v) is 9.70. The minimum absolute atomic E-state index is 0.0889. The van der Waals surface area contributed by atoms with Crippen LogP contribution in [-0.4, -0.2) is 24.7 Å². The second-order valence-corrected chi connectivity index (χ2v) is 8.28. The molecular weight excluding hydrogens is 370 g/mol. The van der Waals surface area contributed by atoms with Crippen molar-refractivity contribution in [3.63, 3.8) is 0 Å². The van der Waals surface area contributed by atoms with Gasteiger partial charge in [-0.05, 0) is 42.3 Å². The fourth-order valence-electron chi connectivity index (χ4n) is 2.87. The lowest BCUT2D eigenvalue weighted by atomic mass is 10.1. The van der Waals surface area contributed by atoms with E-state index in [4.69, 9.17) is 9.47 Å². The number of carbonyl (C=O) groups excluding carboxylic acids is 2. The van der Waals surface area contributed by atoms with Crippen LogP contribution in [0.5, 0.6) is 11.5 Å². The van der Waals surface area contributed by atoms with E-state index in [-0.39, 0.29) is 29.5 Å². The van der Waals surface area contributed by atoms with E-state index in [1.54, 1.807) is 36.4 Å². The summed E-state index contributed by atoms with van der Waals surface area (Å²) in [6.07, 6.45) is 0. The van der Waals surface area contributed by atoms with E-state index in [1.807, 2.05) is 6.92 Å². The van der Waals surface area contributed by atoms with Crippen molar-refractivity contribution in [1.29, 1.82) is 0 Å². The molecule has 7 nitrogen and oxygen atoms in total. The Kier molecular flexibility index (Phi) is 5.03. The van der Waals surface area contributed by atoms with Crippen molar-refractivity contribution in [2.75, 3.05) is 0 Å². The second kappa shape index (κ2) is 7.13. The molecule has 2 aromatic carbocycles. The molecular formula is C19H19NO6S. The van der Waals surface area contributed by atoms with Crippen molar-refractivity contribution in [3.8, 4) is 11.5 Å². The first-order chi connectivity index (χ1) is 12.7. The molecule has 0 aromatic heterocycles. The van der Waals surface area contributed by atoms with Crippen molar-refractivity contribution >= 4 is 22.0 Å². The molecule has 0 atom stereocenters. The molecule has 0 unspecified atom stereocenters. The maximum Gasteiger partial charge on any atom is 0.308 e. The zero-order chi connectivity index (χ0) is 19.8. The summed E-state index contributed by atoms with van der Waals surface area (Å²) in [5.41, 5.74) is 2.35. The Balaban J connectivity index is 1.94. The zero-order valence-electron chi connectivity index (χ0n) is 15.2. The number of esters is 2. The third kappa shape index (κ3) is 4.01. The number of aryl methyl sites for hydroxylation is 1. The topological polar surface area (TPSA) is 90.0 Å². The number of carbonyl (C=O) groups is 2. The lowest BCUT2D eigenvalue weighted by molar-refractivity contribution is -0.134. The van der Waals surface area contributed by atoms with Gasteiger partial charge in [0.2, 0.25) is 10.0 Å². The predicted octanol–water partition coefficient (Wildman–Crippen LogP) is 2.55. The van der Waals surface area contributed by atoms with Crippen molar-refractivity contribution in [1.82, 2.24) is 4.31 Å². The van der Waals surface area contributed by atoms with Gasteiger partial charge in [-0.1, -0.05) is 17.7 Å². The predicted molar refractivity (Wildman–Crippen MR) is 96.7 cm³/mol. The van der Waals surface area contributed by atoms with Crippen molar-refractivity contribution < 1.29 is 27.5 Å². The lowest BCUT2D eigenvalue weighted by Crippen LogP contribution is -2.25. The van der Waals surface area contributed by atoms with Crippen molar-refractivity contribution in [2.45, 2.75) is 38.8 Å². The number of benzene rings is 2. The maximum atomic E-state index is 12.9. The third-order valence-corrected chi connectivity index (χ3v) is 5.93. The first-order valence-electron chi connectivity index (χ1n) is 8.26. The fraction of sp³-hybridized carbons (Fsp3) is 0.263. The molecule has 142 valence electrons. The largest absolute Gasteiger partial charge is 0.423 e. The SMILES string of the molecule is CC(=O)Oc1cc2c(cc1OC(C)=O)CN(S(=O)(=O)c1ccc(C)cc1)C2. The van der Waals surface area contributed by atoms with Gasteiger partial charge in [0.15, 0.2) is 11.5 Å². The van der Waals surface area contributed by atoms with E-state index in [9.17, 15) is 18.0 Å². The summed E-state index contributed by atoms with van der Waals surface area (Å²) in [6.45, 7) is 4.63. The van der Waals surface area contributed by atoms with Crippen LogP contribution in [0.15, 0.2) is 41.3 Å². The van der Waals surface area contributed by atoms with E-state index in [0.29, 0.717) is 11.1 Å². The minimum atomic E-state index is -3.68. The second-order valence-electron chi connectivity index (χ2n) is 6.34. The van der Waals surface area contributed by atoms with Crippen molar-refractivity contribution in [3.05, 3.63) is 53.1 Å². The molecule has 0 saturated carbocycles. The van der Waals surface area contributed by atoms with Gasteiger partial charge in [0.1, 0.15) is 0 Å². The zero-order valence-corrected chi connectivity index (χ0v) is 16.0. The van der Waals surface area contributed by atoms with Crippen LogP contribution < -0.4 is 9.47 Å². The van der Waals surface area contributed by atoms with Crippen LogP contribution in [0.25, 0.3) is 0 Å².